The standard InChI is InChI=1S/C20H22O8S/c21-19(22)3-1-13-27-15-5-9-17(10-6-15)29(25,26)18-11-7-16(8-12-18)28-14-2-4-20(23)24/h5-12H,1-4,13-14H2,(H,21,22)(H,23,24). The van der Waals surface area contributed by atoms with Gasteiger partial charge >= 0.3 is 11.9 Å². The summed E-state index contributed by atoms with van der Waals surface area (Å²) in [6.45, 7) is 0.457. The summed E-state index contributed by atoms with van der Waals surface area (Å²) in [6, 6.07) is 11.8. The largest absolute Gasteiger partial charge is 0.494 e. The summed E-state index contributed by atoms with van der Waals surface area (Å²) >= 11 is 0. The molecule has 2 rings (SSSR count). The lowest BCUT2D eigenvalue weighted by Crippen LogP contribution is -2.04. The zero-order valence-electron chi connectivity index (χ0n) is 15.6. The second-order valence-corrected chi connectivity index (χ2v) is 8.09. The van der Waals surface area contributed by atoms with Crippen molar-refractivity contribution in [2.45, 2.75) is 35.5 Å². The monoisotopic (exact) mass is 422 g/mol. The van der Waals surface area contributed by atoms with Crippen LogP contribution in [0.3, 0.4) is 0 Å². The van der Waals surface area contributed by atoms with Crippen molar-refractivity contribution in [1.82, 2.24) is 0 Å². The third-order valence-electron chi connectivity index (χ3n) is 3.88. The number of hydrogen-bond donors (Lipinski definition) is 2. The number of aliphatic carboxylic acids is 2. The molecule has 0 aliphatic carbocycles. The Labute approximate surface area is 168 Å². The van der Waals surface area contributed by atoms with Crippen molar-refractivity contribution in [2.75, 3.05) is 13.2 Å². The third kappa shape index (κ3) is 7.11. The number of carbonyl (C=O) groups is 2. The van der Waals surface area contributed by atoms with Crippen molar-refractivity contribution in [3.05, 3.63) is 48.5 Å². The minimum atomic E-state index is -3.71. The molecule has 0 aromatic heterocycles. The zero-order valence-corrected chi connectivity index (χ0v) is 16.4. The van der Waals surface area contributed by atoms with Crippen LogP contribution >= 0.6 is 0 Å². The van der Waals surface area contributed by atoms with E-state index in [1.165, 1.54) is 48.5 Å². The van der Waals surface area contributed by atoms with E-state index in [1.54, 1.807) is 0 Å². The van der Waals surface area contributed by atoms with Gasteiger partial charge in [0.2, 0.25) is 9.84 Å². The summed E-state index contributed by atoms with van der Waals surface area (Å²) in [7, 11) is -3.71. The number of sulfone groups is 1. The molecule has 0 spiro atoms. The van der Waals surface area contributed by atoms with Gasteiger partial charge in [-0.25, -0.2) is 8.42 Å². The van der Waals surface area contributed by atoms with Crippen LogP contribution in [-0.2, 0) is 19.4 Å². The molecule has 0 fully saturated rings. The van der Waals surface area contributed by atoms with Crippen molar-refractivity contribution < 1.29 is 37.7 Å². The predicted octanol–water partition coefficient (Wildman–Crippen LogP) is 3.01. The van der Waals surface area contributed by atoms with Crippen molar-refractivity contribution in [2.24, 2.45) is 0 Å². The Bertz CT molecular complexity index is 846. The molecule has 0 radical (unpaired) electrons. The van der Waals surface area contributed by atoms with Crippen molar-refractivity contribution in [1.29, 1.82) is 0 Å². The molecule has 0 saturated heterocycles. The molecule has 0 aliphatic rings. The molecule has 0 saturated carbocycles. The Hall–Kier alpha value is -3.07. The molecule has 9 heteroatoms. The normalized spacial score (nSPS) is 11.0. The average Bonchev–Trinajstić information content (AvgIpc) is 2.69. The lowest BCUT2D eigenvalue weighted by Gasteiger charge is -2.09. The number of hydrogen-bond acceptors (Lipinski definition) is 6. The second-order valence-electron chi connectivity index (χ2n) is 6.14. The number of carboxylic acids is 2. The lowest BCUT2D eigenvalue weighted by molar-refractivity contribution is -0.138. The fourth-order valence-corrected chi connectivity index (χ4v) is 3.65. The van der Waals surface area contributed by atoms with E-state index in [0.717, 1.165) is 0 Å². The van der Waals surface area contributed by atoms with E-state index in [9.17, 15) is 18.0 Å². The van der Waals surface area contributed by atoms with Crippen molar-refractivity contribution in [3.8, 4) is 11.5 Å². The Morgan fingerprint density at radius 3 is 1.34 bits per heavy atom. The van der Waals surface area contributed by atoms with Gasteiger partial charge in [0, 0.05) is 12.8 Å². The Morgan fingerprint density at radius 2 is 1.03 bits per heavy atom. The molecule has 8 nitrogen and oxygen atoms in total. The topological polar surface area (TPSA) is 127 Å². The SMILES string of the molecule is O=C(O)CCCOc1ccc(S(=O)(=O)c2ccc(OCCCC(=O)O)cc2)cc1. The van der Waals surface area contributed by atoms with Gasteiger partial charge < -0.3 is 19.7 Å². The first-order chi connectivity index (χ1) is 13.8. The Kier molecular flexibility index (Phi) is 8.02. The molecule has 2 N–H and O–H groups in total. The van der Waals surface area contributed by atoms with Gasteiger partial charge in [0.25, 0.3) is 0 Å². The highest BCUT2D eigenvalue weighted by Gasteiger charge is 2.17. The van der Waals surface area contributed by atoms with Gasteiger partial charge in [-0.05, 0) is 61.4 Å². The maximum Gasteiger partial charge on any atom is 0.303 e. The van der Waals surface area contributed by atoms with Crippen LogP contribution in [0.2, 0.25) is 0 Å². The van der Waals surface area contributed by atoms with Crippen LogP contribution in [0.25, 0.3) is 0 Å². The van der Waals surface area contributed by atoms with E-state index in [-0.39, 0.29) is 35.8 Å². The van der Waals surface area contributed by atoms with E-state index in [0.29, 0.717) is 24.3 Å². The van der Waals surface area contributed by atoms with Crippen LogP contribution in [0.15, 0.2) is 58.3 Å². The highest BCUT2D eigenvalue weighted by atomic mass is 32.2. The van der Waals surface area contributed by atoms with Crippen molar-refractivity contribution in [3.63, 3.8) is 0 Å². The minimum absolute atomic E-state index is 0.00569. The fraction of sp³-hybridized carbons (Fsp3) is 0.300. The molecule has 0 atom stereocenters. The molecule has 29 heavy (non-hydrogen) atoms. The van der Waals surface area contributed by atoms with Crippen LogP contribution < -0.4 is 9.47 Å². The highest BCUT2D eigenvalue weighted by Crippen LogP contribution is 2.25. The van der Waals surface area contributed by atoms with E-state index >= 15 is 0 Å². The third-order valence-corrected chi connectivity index (χ3v) is 5.66. The van der Waals surface area contributed by atoms with Crippen molar-refractivity contribution >= 4 is 21.8 Å². The van der Waals surface area contributed by atoms with Gasteiger partial charge in [-0.1, -0.05) is 0 Å². The van der Waals surface area contributed by atoms with Gasteiger partial charge in [-0.15, -0.1) is 0 Å². The fourth-order valence-electron chi connectivity index (χ4n) is 2.39. The first-order valence-corrected chi connectivity index (χ1v) is 10.4. The van der Waals surface area contributed by atoms with Gasteiger partial charge in [0.15, 0.2) is 0 Å². The number of rotatable bonds is 12. The van der Waals surface area contributed by atoms with Gasteiger partial charge in [0.05, 0.1) is 23.0 Å². The molecular weight excluding hydrogens is 400 g/mol. The summed E-state index contributed by atoms with van der Waals surface area (Å²) in [5, 5.41) is 17.2. The number of benzene rings is 2. The molecule has 0 unspecified atom stereocenters. The molecule has 0 amide bonds. The first-order valence-electron chi connectivity index (χ1n) is 8.93. The van der Waals surface area contributed by atoms with E-state index < -0.39 is 21.8 Å². The minimum Gasteiger partial charge on any atom is -0.494 e. The van der Waals surface area contributed by atoms with Crippen LogP contribution in [0.1, 0.15) is 25.7 Å². The molecule has 0 aliphatic heterocycles. The molecular formula is C20H22O8S. The van der Waals surface area contributed by atoms with E-state index in [4.69, 9.17) is 19.7 Å². The molecule has 0 heterocycles. The van der Waals surface area contributed by atoms with Crippen LogP contribution in [0, 0.1) is 0 Å². The van der Waals surface area contributed by atoms with Crippen LogP contribution in [0.5, 0.6) is 11.5 Å². The summed E-state index contributed by atoms with van der Waals surface area (Å²) in [5.74, 6) is -0.877. The summed E-state index contributed by atoms with van der Waals surface area (Å²) in [5.41, 5.74) is 0. The van der Waals surface area contributed by atoms with Gasteiger partial charge in [-0.3, -0.25) is 9.59 Å². The number of ether oxygens (including phenoxy) is 2. The molecule has 2 aromatic carbocycles. The van der Waals surface area contributed by atoms with Crippen LogP contribution in [0.4, 0.5) is 0 Å². The molecule has 0 bridgehead atoms. The highest BCUT2D eigenvalue weighted by molar-refractivity contribution is 7.91. The summed E-state index contributed by atoms with van der Waals surface area (Å²) < 4.78 is 36.2. The van der Waals surface area contributed by atoms with E-state index in [2.05, 4.69) is 0 Å². The van der Waals surface area contributed by atoms with E-state index in [1.807, 2.05) is 0 Å². The Balaban J connectivity index is 1.95. The first kappa shape index (κ1) is 22.2. The lowest BCUT2D eigenvalue weighted by atomic mass is 10.3. The molecule has 2 aromatic rings. The predicted molar refractivity (Wildman–Crippen MR) is 103 cm³/mol. The molecule has 156 valence electrons. The maximum absolute atomic E-state index is 12.7. The van der Waals surface area contributed by atoms with Gasteiger partial charge in [0.1, 0.15) is 11.5 Å². The Morgan fingerprint density at radius 1 is 0.690 bits per heavy atom. The second kappa shape index (κ2) is 10.5. The van der Waals surface area contributed by atoms with Crippen LogP contribution in [-0.4, -0.2) is 43.8 Å². The average molecular weight is 422 g/mol. The quantitative estimate of drug-likeness (QED) is 0.500. The smallest absolute Gasteiger partial charge is 0.303 e. The summed E-state index contributed by atoms with van der Waals surface area (Å²) in [6.07, 6.45) is 0.734. The maximum atomic E-state index is 12.7. The summed E-state index contributed by atoms with van der Waals surface area (Å²) in [4.78, 5) is 21.1. The zero-order chi connectivity index (χ0) is 21.3. The number of carboxylic acid groups (broad SMARTS) is 2. The van der Waals surface area contributed by atoms with Gasteiger partial charge in [-0.2, -0.15) is 0 Å².